The Morgan fingerprint density at radius 2 is 1.95 bits per heavy atom. The van der Waals surface area contributed by atoms with Crippen molar-refractivity contribution in [3.63, 3.8) is 0 Å². The quantitative estimate of drug-likeness (QED) is 0.282. The maximum Gasteiger partial charge on any atom is 0.329 e. The number of imidazole rings is 2. The molecule has 0 spiro atoms. The molecule has 0 saturated carbocycles. The van der Waals surface area contributed by atoms with Crippen LogP contribution in [0.2, 0.25) is 10.0 Å². The van der Waals surface area contributed by atoms with Gasteiger partial charge >= 0.3 is 6.55 Å². The van der Waals surface area contributed by atoms with Crippen LogP contribution in [0.3, 0.4) is 0 Å². The first-order chi connectivity index (χ1) is 18.3. The predicted molar refractivity (Wildman–Crippen MR) is 145 cm³/mol. The van der Waals surface area contributed by atoms with Crippen LogP contribution in [0.15, 0.2) is 29.5 Å². The van der Waals surface area contributed by atoms with E-state index in [0.717, 1.165) is 42.1 Å². The molecule has 6 rings (SSSR count). The number of fused-ring (bicyclic) bond motifs is 2. The van der Waals surface area contributed by atoms with Crippen molar-refractivity contribution in [1.29, 1.82) is 0 Å². The van der Waals surface area contributed by atoms with Crippen LogP contribution in [-0.4, -0.2) is 80.0 Å². The van der Waals surface area contributed by atoms with E-state index in [4.69, 9.17) is 28.3 Å². The average Bonchev–Trinajstić information content (AvgIpc) is 3.62. The van der Waals surface area contributed by atoms with Gasteiger partial charge < -0.3 is 20.5 Å². The highest BCUT2D eigenvalue weighted by Crippen LogP contribution is 2.29. The first kappa shape index (κ1) is 25.1. The number of hydrogen-bond acceptors (Lipinski definition) is 8. The third kappa shape index (κ3) is 4.95. The van der Waals surface area contributed by atoms with E-state index >= 15 is 0 Å². The number of likely N-dealkylation sites (tertiary alicyclic amines) is 1. The largest absolute Gasteiger partial charge is 0.375 e. The summed E-state index contributed by atoms with van der Waals surface area (Å²) >= 11 is 12.3. The molecule has 10 nitrogen and oxygen atoms in total. The fourth-order valence-electron chi connectivity index (χ4n) is 4.88. The lowest BCUT2D eigenvalue weighted by molar-refractivity contribution is -0.0197. The van der Waals surface area contributed by atoms with Crippen LogP contribution >= 0.6 is 23.2 Å². The number of halogens is 4. The maximum atomic E-state index is 13.2. The summed E-state index contributed by atoms with van der Waals surface area (Å²) in [7, 11) is 2.12. The summed E-state index contributed by atoms with van der Waals surface area (Å²) in [6.07, 6.45) is 5.19. The molecule has 5 heterocycles. The number of rotatable bonds is 7. The molecule has 200 valence electrons. The van der Waals surface area contributed by atoms with E-state index < -0.39 is 6.55 Å². The predicted octanol–water partition coefficient (Wildman–Crippen LogP) is 4.64. The monoisotopic (exact) mass is 562 g/mol. The summed E-state index contributed by atoms with van der Waals surface area (Å²) in [6, 6.07) is 5.68. The van der Waals surface area contributed by atoms with E-state index in [1.165, 1.54) is 6.21 Å². The number of anilines is 2. The van der Waals surface area contributed by atoms with E-state index in [0.29, 0.717) is 45.1 Å². The van der Waals surface area contributed by atoms with Crippen LogP contribution in [0.4, 0.5) is 20.3 Å². The van der Waals surface area contributed by atoms with Crippen LogP contribution in [0, 0.1) is 0 Å². The van der Waals surface area contributed by atoms with Gasteiger partial charge in [-0.3, -0.25) is 0 Å². The highest BCUT2D eigenvalue weighted by molar-refractivity contribution is 6.42. The van der Waals surface area contributed by atoms with Crippen LogP contribution in [-0.2, 0) is 6.54 Å². The number of alkyl halides is 2. The third-order valence-corrected chi connectivity index (χ3v) is 7.69. The van der Waals surface area contributed by atoms with Gasteiger partial charge in [0, 0.05) is 18.3 Å². The minimum Gasteiger partial charge on any atom is -0.375 e. The minimum absolute atomic E-state index is 0.0621. The van der Waals surface area contributed by atoms with E-state index in [1.54, 1.807) is 22.8 Å². The molecular formula is C24H26Cl2F2N10. The maximum absolute atomic E-state index is 13.2. The van der Waals surface area contributed by atoms with Gasteiger partial charge in [-0.15, -0.1) is 5.10 Å². The zero-order valence-electron chi connectivity index (χ0n) is 20.5. The molecule has 2 aliphatic heterocycles. The first-order valence-electron chi connectivity index (χ1n) is 12.3. The number of piperidine rings is 1. The summed E-state index contributed by atoms with van der Waals surface area (Å²) < 4.78 is 28.1. The molecule has 1 aromatic carbocycles. The molecule has 1 atom stereocenters. The Labute approximate surface area is 227 Å². The van der Waals surface area contributed by atoms with Crippen molar-refractivity contribution in [2.24, 2.45) is 5.10 Å². The summed E-state index contributed by atoms with van der Waals surface area (Å²) in [5.74, 6) is 1.01. The van der Waals surface area contributed by atoms with E-state index in [1.807, 2.05) is 6.07 Å². The number of aromatic nitrogens is 5. The molecule has 0 aliphatic carbocycles. The number of benzene rings is 1. The van der Waals surface area contributed by atoms with Gasteiger partial charge in [0.25, 0.3) is 0 Å². The van der Waals surface area contributed by atoms with Crippen LogP contribution < -0.4 is 10.6 Å². The van der Waals surface area contributed by atoms with Crippen LogP contribution in [0.5, 0.6) is 0 Å². The molecular weight excluding hydrogens is 537 g/mol. The molecule has 1 saturated heterocycles. The third-order valence-electron chi connectivity index (χ3n) is 6.97. The molecule has 1 unspecified atom stereocenters. The van der Waals surface area contributed by atoms with Gasteiger partial charge in [-0.05, 0) is 45.1 Å². The summed E-state index contributed by atoms with van der Waals surface area (Å²) in [5, 5.41) is 17.3. The summed E-state index contributed by atoms with van der Waals surface area (Å²) in [5.41, 5.74) is 3.51. The standard InChI is InChI=1S/C24H26Cl2F2N10/c1-36-4-2-14(3-5-36)32-21-8-19(29-11-22-33-17-6-15(25)16(26)7-18(17)34-22)23-30-10-20(38(23)35-21)13-9-31-37(12-13)24(27)28/h6-10,13-14,24,29H,2-5,11-12H2,1H3,(H,32,35)(H,33,34). The first-order valence-corrected chi connectivity index (χ1v) is 13.1. The second kappa shape index (κ2) is 10.2. The van der Waals surface area contributed by atoms with Crippen LogP contribution in [0.1, 0.15) is 30.3 Å². The van der Waals surface area contributed by atoms with Crippen molar-refractivity contribution >= 4 is 57.6 Å². The SMILES string of the molecule is CN1CCC(Nc2cc(NCc3nc4cc(Cl)c(Cl)cc4[nH]3)c3ncc(C4C=NN(C(F)F)C4)n3n2)CC1. The van der Waals surface area contributed by atoms with Gasteiger partial charge in [-0.25, -0.2) is 19.5 Å². The molecule has 3 aromatic heterocycles. The number of hydrogen-bond donors (Lipinski definition) is 3. The lowest BCUT2D eigenvalue weighted by Crippen LogP contribution is -2.37. The Hall–Kier alpha value is -3.22. The number of nitrogens with zero attached hydrogens (tertiary/aromatic N) is 7. The Morgan fingerprint density at radius 3 is 2.71 bits per heavy atom. The van der Waals surface area contributed by atoms with E-state index in [2.05, 4.69) is 42.6 Å². The zero-order chi connectivity index (χ0) is 26.4. The number of nitrogens with one attached hydrogen (secondary N) is 3. The normalized spacial score (nSPS) is 18.9. The van der Waals surface area contributed by atoms with Gasteiger partial charge in [-0.1, -0.05) is 23.2 Å². The zero-order valence-corrected chi connectivity index (χ0v) is 22.0. The molecule has 2 aliphatic rings. The van der Waals surface area contributed by atoms with Gasteiger partial charge in [0.15, 0.2) is 5.65 Å². The Morgan fingerprint density at radius 1 is 1.16 bits per heavy atom. The number of H-pyrrole nitrogens is 1. The van der Waals surface area contributed by atoms with Crippen LogP contribution in [0.25, 0.3) is 16.7 Å². The number of hydrazone groups is 1. The fraction of sp³-hybridized carbons (Fsp3) is 0.417. The summed E-state index contributed by atoms with van der Waals surface area (Å²) in [4.78, 5) is 14.7. The van der Waals surface area contributed by atoms with Crippen molar-refractivity contribution in [3.8, 4) is 0 Å². The van der Waals surface area contributed by atoms with E-state index in [9.17, 15) is 8.78 Å². The molecule has 0 amide bonds. The van der Waals surface area contributed by atoms with Gasteiger partial charge in [0.05, 0.1) is 57.7 Å². The Balaban J connectivity index is 1.30. The molecule has 1 fully saturated rings. The Kier molecular flexibility index (Phi) is 6.70. The molecule has 4 aromatic rings. The lowest BCUT2D eigenvalue weighted by atomic mass is 10.1. The molecule has 3 N–H and O–H groups in total. The van der Waals surface area contributed by atoms with Gasteiger partial charge in [0.1, 0.15) is 11.6 Å². The molecule has 0 radical (unpaired) electrons. The molecule has 0 bridgehead atoms. The van der Waals surface area contributed by atoms with Crippen molar-refractivity contribution in [2.75, 3.05) is 37.3 Å². The summed E-state index contributed by atoms with van der Waals surface area (Å²) in [6.45, 7) is -0.209. The number of aromatic amines is 1. The lowest BCUT2D eigenvalue weighted by Gasteiger charge is -2.29. The highest BCUT2D eigenvalue weighted by Gasteiger charge is 2.28. The van der Waals surface area contributed by atoms with Crippen molar-refractivity contribution < 1.29 is 8.78 Å². The highest BCUT2D eigenvalue weighted by atomic mass is 35.5. The van der Waals surface area contributed by atoms with Crippen molar-refractivity contribution in [2.45, 2.75) is 37.9 Å². The molecule has 38 heavy (non-hydrogen) atoms. The second-order valence-corrected chi connectivity index (χ2v) is 10.5. The average molecular weight is 563 g/mol. The smallest absolute Gasteiger partial charge is 0.329 e. The van der Waals surface area contributed by atoms with E-state index in [-0.39, 0.29) is 18.5 Å². The van der Waals surface area contributed by atoms with Crippen molar-refractivity contribution in [3.05, 3.63) is 46.0 Å². The van der Waals surface area contributed by atoms with Crippen molar-refractivity contribution in [1.82, 2.24) is 34.5 Å². The Bertz CT molecular complexity index is 1460. The topological polar surface area (TPSA) is 102 Å². The molecule has 14 heteroatoms. The van der Waals surface area contributed by atoms with Gasteiger partial charge in [-0.2, -0.15) is 13.9 Å². The second-order valence-electron chi connectivity index (χ2n) is 9.67. The minimum atomic E-state index is -2.66. The van der Waals surface area contributed by atoms with Gasteiger partial charge in [0.2, 0.25) is 0 Å². The fourth-order valence-corrected chi connectivity index (χ4v) is 5.20.